The molecular weight excluding hydrogens is 392 g/mol. The van der Waals surface area contributed by atoms with E-state index in [0.29, 0.717) is 5.16 Å². The van der Waals surface area contributed by atoms with Crippen LogP contribution in [0.4, 0.5) is 5.69 Å². The third-order valence-electron chi connectivity index (χ3n) is 4.65. The largest absolute Gasteiger partial charge is 0.325 e. The zero-order chi connectivity index (χ0) is 20.9. The maximum atomic E-state index is 12.7. The van der Waals surface area contributed by atoms with Gasteiger partial charge in [0.05, 0.1) is 5.25 Å². The topological polar surface area (TPSA) is 59.8 Å². The number of hydrogen-bond acceptors (Lipinski definition) is 4. The Kier molecular flexibility index (Phi) is 5.95. The molecule has 6 heteroatoms. The molecule has 1 unspecified atom stereocenters. The summed E-state index contributed by atoms with van der Waals surface area (Å²) in [5, 5.41) is 12.1. The van der Waals surface area contributed by atoms with Gasteiger partial charge in [-0.05, 0) is 38.1 Å². The summed E-state index contributed by atoms with van der Waals surface area (Å²) in [6.45, 7) is 3.89. The van der Waals surface area contributed by atoms with E-state index in [4.69, 9.17) is 0 Å². The van der Waals surface area contributed by atoms with Crippen molar-refractivity contribution in [2.45, 2.75) is 24.3 Å². The normalized spacial score (nSPS) is 11.8. The van der Waals surface area contributed by atoms with Gasteiger partial charge in [-0.3, -0.25) is 9.36 Å². The van der Waals surface area contributed by atoms with Crippen LogP contribution < -0.4 is 5.32 Å². The van der Waals surface area contributed by atoms with Gasteiger partial charge in [-0.2, -0.15) is 0 Å². The summed E-state index contributed by atoms with van der Waals surface area (Å²) in [5.74, 6) is 0.670. The van der Waals surface area contributed by atoms with Crippen molar-refractivity contribution in [2.24, 2.45) is 0 Å². The van der Waals surface area contributed by atoms with E-state index in [2.05, 4.69) is 15.5 Å². The van der Waals surface area contributed by atoms with Crippen LogP contribution >= 0.6 is 11.8 Å². The fourth-order valence-electron chi connectivity index (χ4n) is 3.02. The highest BCUT2D eigenvalue weighted by Gasteiger charge is 2.22. The molecule has 150 valence electrons. The first kappa shape index (κ1) is 19.9. The lowest BCUT2D eigenvalue weighted by molar-refractivity contribution is -0.115. The van der Waals surface area contributed by atoms with Gasteiger partial charge in [0.2, 0.25) is 5.91 Å². The average molecular weight is 415 g/mol. The molecule has 1 heterocycles. The Balaban J connectivity index is 1.61. The van der Waals surface area contributed by atoms with Gasteiger partial charge in [-0.1, -0.05) is 78.0 Å². The number of para-hydroxylation sites is 1. The Hall–Kier alpha value is -3.38. The number of thioether (sulfide) groups is 1. The first-order valence-corrected chi connectivity index (χ1v) is 10.6. The molecule has 1 N–H and O–H groups in total. The number of nitrogens with one attached hydrogen (secondary N) is 1. The summed E-state index contributed by atoms with van der Waals surface area (Å²) >= 11 is 1.39. The molecule has 3 aromatic carbocycles. The van der Waals surface area contributed by atoms with Crippen molar-refractivity contribution in [1.29, 1.82) is 0 Å². The number of carbonyl (C=O) groups is 1. The van der Waals surface area contributed by atoms with Crippen molar-refractivity contribution < 1.29 is 4.79 Å². The Bertz CT molecular complexity index is 1130. The predicted octanol–water partition coefficient (Wildman–Crippen LogP) is 5.36. The second-order valence-corrected chi connectivity index (χ2v) is 8.27. The quantitative estimate of drug-likeness (QED) is 0.431. The van der Waals surface area contributed by atoms with Crippen LogP contribution in [-0.4, -0.2) is 25.9 Å². The molecule has 1 atom stereocenters. The number of rotatable bonds is 6. The van der Waals surface area contributed by atoms with Crippen LogP contribution in [0.3, 0.4) is 0 Å². The van der Waals surface area contributed by atoms with Crippen molar-refractivity contribution >= 4 is 23.4 Å². The van der Waals surface area contributed by atoms with Crippen molar-refractivity contribution in [3.05, 3.63) is 90.5 Å². The van der Waals surface area contributed by atoms with Crippen LogP contribution in [0, 0.1) is 6.92 Å². The van der Waals surface area contributed by atoms with Crippen LogP contribution in [0.2, 0.25) is 0 Å². The van der Waals surface area contributed by atoms with Crippen LogP contribution in [0.1, 0.15) is 12.5 Å². The second kappa shape index (κ2) is 8.97. The summed E-state index contributed by atoms with van der Waals surface area (Å²) in [7, 11) is 0. The van der Waals surface area contributed by atoms with Gasteiger partial charge in [0.25, 0.3) is 0 Å². The molecule has 0 saturated carbocycles. The van der Waals surface area contributed by atoms with E-state index in [1.165, 1.54) is 11.8 Å². The number of hydrogen-bond donors (Lipinski definition) is 1. The molecular formula is C24H22N4OS. The maximum absolute atomic E-state index is 12.7. The molecule has 0 radical (unpaired) electrons. The molecule has 4 rings (SSSR count). The van der Waals surface area contributed by atoms with Crippen LogP contribution in [0.25, 0.3) is 17.1 Å². The third kappa shape index (κ3) is 4.44. The first-order valence-electron chi connectivity index (χ1n) is 9.72. The fourth-order valence-corrected chi connectivity index (χ4v) is 3.89. The van der Waals surface area contributed by atoms with Crippen LogP contribution in [-0.2, 0) is 4.79 Å². The fraction of sp³-hybridized carbons (Fsp3) is 0.125. The Morgan fingerprint density at radius 2 is 1.53 bits per heavy atom. The molecule has 0 bridgehead atoms. The summed E-state index contributed by atoms with van der Waals surface area (Å²) in [4.78, 5) is 12.7. The molecule has 0 aliphatic heterocycles. The van der Waals surface area contributed by atoms with Crippen molar-refractivity contribution in [2.75, 3.05) is 5.32 Å². The van der Waals surface area contributed by atoms with Crippen LogP contribution in [0.5, 0.6) is 0 Å². The van der Waals surface area contributed by atoms with E-state index >= 15 is 0 Å². The SMILES string of the molecule is Cc1ccc(NC(=O)C(C)Sc2nnc(-c3ccccc3)n2-c2ccccc2)cc1. The highest BCUT2D eigenvalue weighted by molar-refractivity contribution is 8.00. The van der Waals surface area contributed by atoms with Crippen molar-refractivity contribution in [1.82, 2.24) is 14.8 Å². The third-order valence-corrected chi connectivity index (χ3v) is 5.69. The molecule has 0 saturated heterocycles. The first-order chi connectivity index (χ1) is 14.6. The van der Waals surface area contributed by atoms with E-state index in [0.717, 1.165) is 28.3 Å². The van der Waals surface area contributed by atoms with Gasteiger partial charge in [0, 0.05) is 16.9 Å². The lowest BCUT2D eigenvalue weighted by atomic mass is 10.2. The number of nitrogens with zero attached hydrogens (tertiary/aromatic N) is 3. The van der Waals surface area contributed by atoms with Gasteiger partial charge in [-0.15, -0.1) is 10.2 Å². The lowest BCUT2D eigenvalue weighted by Crippen LogP contribution is -2.22. The zero-order valence-corrected chi connectivity index (χ0v) is 17.6. The van der Waals surface area contributed by atoms with E-state index < -0.39 is 0 Å². The number of amides is 1. The minimum Gasteiger partial charge on any atom is -0.325 e. The maximum Gasteiger partial charge on any atom is 0.237 e. The summed E-state index contributed by atoms with van der Waals surface area (Å²) in [6, 6.07) is 27.7. The summed E-state index contributed by atoms with van der Waals surface area (Å²) < 4.78 is 2.00. The molecule has 30 heavy (non-hydrogen) atoms. The van der Waals surface area contributed by atoms with Gasteiger partial charge >= 0.3 is 0 Å². The molecule has 0 aliphatic rings. The number of aromatic nitrogens is 3. The Morgan fingerprint density at radius 1 is 0.900 bits per heavy atom. The number of anilines is 1. The van der Waals surface area contributed by atoms with Crippen molar-refractivity contribution in [3.8, 4) is 17.1 Å². The van der Waals surface area contributed by atoms with Gasteiger partial charge in [-0.25, -0.2) is 0 Å². The van der Waals surface area contributed by atoms with E-state index in [9.17, 15) is 4.79 Å². The van der Waals surface area contributed by atoms with Gasteiger partial charge in [0.15, 0.2) is 11.0 Å². The molecule has 1 amide bonds. The number of benzene rings is 3. The standard InChI is InChI=1S/C24H22N4OS/c1-17-13-15-20(16-14-17)25-23(29)18(2)30-24-27-26-22(19-9-5-3-6-10-19)28(24)21-11-7-4-8-12-21/h3-16,18H,1-2H3,(H,25,29). The minimum atomic E-state index is -0.346. The van der Waals surface area contributed by atoms with Crippen molar-refractivity contribution in [3.63, 3.8) is 0 Å². The monoisotopic (exact) mass is 414 g/mol. The van der Waals surface area contributed by atoms with Gasteiger partial charge < -0.3 is 5.32 Å². The summed E-state index contributed by atoms with van der Waals surface area (Å²) in [6.07, 6.45) is 0. The molecule has 0 fully saturated rings. The van der Waals surface area contributed by atoms with Crippen LogP contribution in [0.15, 0.2) is 90.1 Å². The smallest absolute Gasteiger partial charge is 0.237 e. The summed E-state index contributed by atoms with van der Waals surface area (Å²) in [5.41, 5.74) is 3.86. The highest BCUT2D eigenvalue weighted by atomic mass is 32.2. The number of aryl methyl sites for hydroxylation is 1. The van der Waals surface area contributed by atoms with Gasteiger partial charge in [0.1, 0.15) is 0 Å². The lowest BCUT2D eigenvalue weighted by Gasteiger charge is -2.14. The Morgan fingerprint density at radius 3 is 2.20 bits per heavy atom. The van der Waals surface area contributed by atoms with E-state index in [1.54, 1.807) is 0 Å². The predicted molar refractivity (Wildman–Crippen MR) is 122 cm³/mol. The zero-order valence-electron chi connectivity index (χ0n) is 16.8. The second-order valence-electron chi connectivity index (χ2n) is 6.96. The molecule has 1 aromatic heterocycles. The van der Waals surface area contributed by atoms with E-state index in [-0.39, 0.29) is 11.2 Å². The Labute approximate surface area is 180 Å². The number of carbonyl (C=O) groups excluding carboxylic acids is 1. The van der Waals surface area contributed by atoms with E-state index in [1.807, 2.05) is 103 Å². The molecule has 5 nitrogen and oxygen atoms in total. The highest BCUT2D eigenvalue weighted by Crippen LogP contribution is 2.30. The molecule has 4 aromatic rings. The molecule has 0 aliphatic carbocycles. The molecule has 0 spiro atoms. The average Bonchev–Trinajstić information content (AvgIpc) is 3.20. The minimum absolute atomic E-state index is 0.0762.